The van der Waals surface area contributed by atoms with Crippen molar-refractivity contribution in [3.63, 3.8) is 0 Å². The van der Waals surface area contributed by atoms with Gasteiger partial charge in [-0.05, 0) is 53.6 Å². The highest BCUT2D eigenvalue weighted by molar-refractivity contribution is 5.47. The first kappa shape index (κ1) is 16.4. The van der Waals surface area contributed by atoms with E-state index in [1.54, 1.807) is 12.1 Å². The third kappa shape index (κ3) is 2.83. The number of rotatable bonds is 4. The van der Waals surface area contributed by atoms with Crippen LogP contribution in [0.1, 0.15) is 62.3 Å². The molecule has 0 bridgehead atoms. The molecule has 0 fully saturated rings. The number of phenolic OH excluding ortho intramolecular Hbond substituents is 2. The van der Waals surface area contributed by atoms with Crippen molar-refractivity contribution in [1.29, 1.82) is 0 Å². The van der Waals surface area contributed by atoms with E-state index in [0.717, 1.165) is 17.5 Å². The van der Waals surface area contributed by atoms with E-state index in [9.17, 15) is 10.2 Å². The van der Waals surface area contributed by atoms with Gasteiger partial charge < -0.3 is 10.2 Å². The number of hydrogen-bond donors (Lipinski definition) is 2. The number of benzene rings is 2. The Kier molecular flexibility index (Phi) is 4.50. The van der Waals surface area contributed by atoms with Crippen LogP contribution in [0.4, 0.5) is 0 Å². The van der Waals surface area contributed by atoms with Crippen molar-refractivity contribution in [2.24, 2.45) is 0 Å². The number of aromatic hydroxyl groups is 2. The van der Waals surface area contributed by atoms with Crippen LogP contribution in [0.3, 0.4) is 0 Å². The lowest BCUT2D eigenvalue weighted by atomic mass is 9.73. The summed E-state index contributed by atoms with van der Waals surface area (Å²) in [7, 11) is 0. The van der Waals surface area contributed by atoms with Gasteiger partial charge in [0.15, 0.2) is 0 Å². The van der Waals surface area contributed by atoms with Crippen LogP contribution in [0.2, 0.25) is 0 Å². The van der Waals surface area contributed by atoms with Crippen LogP contribution in [0.25, 0.3) is 0 Å². The highest BCUT2D eigenvalue weighted by atomic mass is 16.3. The molecule has 0 aliphatic carbocycles. The molecule has 2 nitrogen and oxygen atoms in total. The second kappa shape index (κ2) is 6.04. The monoisotopic (exact) mass is 298 g/mol. The van der Waals surface area contributed by atoms with Gasteiger partial charge in [-0.1, -0.05) is 52.0 Å². The summed E-state index contributed by atoms with van der Waals surface area (Å²) < 4.78 is 0. The fourth-order valence-electron chi connectivity index (χ4n) is 2.93. The zero-order valence-corrected chi connectivity index (χ0v) is 14.1. The lowest BCUT2D eigenvalue weighted by Crippen LogP contribution is -2.23. The van der Waals surface area contributed by atoms with Crippen molar-refractivity contribution in [2.45, 2.75) is 52.4 Å². The fourth-order valence-corrected chi connectivity index (χ4v) is 2.93. The average Bonchev–Trinajstić information content (AvgIpc) is 2.49. The average molecular weight is 298 g/mol. The van der Waals surface area contributed by atoms with E-state index in [-0.39, 0.29) is 11.3 Å². The zero-order valence-electron chi connectivity index (χ0n) is 14.1. The molecule has 1 atom stereocenters. The van der Waals surface area contributed by atoms with Gasteiger partial charge in [0.05, 0.1) is 0 Å². The summed E-state index contributed by atoms with van der Waals surface area (Å²) in [5.41, 5.74) is 4.11. The first-order valence-electron chi connectivity index (χ1n) is 7.93. The first-order chi connectivity index (χ1) is 10.3. The summed E-state index contributed by atoms with van der Waals surface area (Å²) in [4.78, 5) is 0. The van der Waals surface area contributed by atoms with E-state index in [2.05, 4.69) is 39.8 Å². The molecule has 22 heavy (non-hydrogen) atoms. The third-order valence-electron chi connectivity index (χ3n) is 4.83. The molecule has 2 heteroatoms. The highest BCUT2D eigenvalue weighted by Gasteiger charge is 2.28. The largest absolute Gasteiger partial charge is 0.508 e. The van der Waals surface area contributed by atoms with Crippen molar-refractivity contribution >= 4 is 0 Å². The summed E-state index contributed by atoms with van der Waals surface area (Å²) in [6, 6.07) is 11.7. The number of hydrogen-bond acceptors (Lipinski definition) is 2. The van der Waals surface area contributed by atoms with E-state index < -0.39 is 0 Å². The third-order valence-corrected chi connectivity index (χ3v) is 4.83. The van der Waals surface area contributed by atoms with Gasteiger partial charge in [0.2, 0.25) is 0 Å². The molecule has 1 unspecified atom stereocenters. The summed E-state index contributed by atoms with van der Waals surface area (Å²) in [6.45, 7) is 10.5. The molecule has 0 heterocycles. The molecule has 2 rings (SSSR count). The Balaban J connectivity index is 2.59. The molecule has 118 valence electrons. The minimum absolute atomic E-state index is 0.143. The maximum Gasteiger partial charge on any atom is 0.119 e. The van der Waals surface area contributed by atoms with E-state index in [4.69, 9.17) is 0 Å². The van der Waals surface area contributed by atoms with Gasteiger partial charge in [0, 0.05) is 5.41 Å². The van der Waals surface area contributed by atoms with E-state index in [0.29, 0.717) is 11.5 Å². The van der Waals surface area contributed by atoms with Gasteiger partial charge in [0.25, 0.3) is 0 Å². The van der Waals surface area contributed by atoms with Gasteiger partial charge in [-0.3, -0.25) is 0 Å². The molecule has 2 aromatic carbocycles. The highest BCUT2D eigenvalue weighted by Crippen LogP contribution is 2.39. The molecule has 2 aromatic rings. The van der Waals surface area contributed by atoms with E-state index >= 15 is 0 Å². The zero-order chi connectivity index (χ0) is 16.5. The lowest BCUT2D eigenvalue weighted by Gasteiger charge is -2.31. The Hall–Kier alpha value is -1.96. The molecule has 2 N–H and O–H groups in total. The summed E-state index contributed by atoms with van der Waals surface area (Å²) in [5, 5.41) is 19.8. The first-order valence-corrected chi connectivity index (χ1v) is 7.93. The van der Waals surface area contributed by atoms with Crippen LogP contribution in [0, 0.1) is 6.92 Å². The Morgan fingerprint density at radius 1 is 0.955 bits per heavy atom. The molecule has 0 amide bonds. The second-order valence-corrected chi connectivity index (χ2v) is 6.62. The predicted molar refractivity (Wildman–Crippen MR) is 91.8 cm³/mol. The van der Waals surface area contributed by atoms with Crippen LogP contribution in [-0.4, -0.2) is 10.2 Å². The van der Waals surface area contributed by atoms with Crippen molar-refractivity contribution < 1.29 is 10.2 Å². The molecule has 0 saturated carbocycles. The van der Waals surface area contributed by atoms with Crippen molar-refractivity contribution in [3.8, 4) is 11.5 Å². The SMILES string of the molecule is CCC(C)(c1ccc(O)c(C)c1)c1ccc(O)c(C(C)C)c1. The van der Waals surface area contributed by atoms with Gasteiger partial charge in [-0.15, -0.1) is 0 Å². The second-order valence-electron chi connectivity index (χ2n) is 6.62. The molecule has 0 aliphatic rings. The Labute approximate surface area is 133 Å². The molecule has 0 spiro atoms. The number of phenols is 2. The topological polar surface area (TPSA) is 40.5 Å². The standard InChI is InChI=1S/C20H26O2/c1-6-20(5,15-7-9-18(21)14(4)11-15)16-8-10-19(22)17(12-16)13(2)3/h7-13,21-22H,6H2,1-5H3. The maximum absolute atomic E-state index is 10.1. The Morgan fingerprint density at radius 3 is 2.00 bits per heavy atom. The van der Waals surface area contributed by atoms with Gasteiger partial charge in [-0.2, -0.15) is 0 Å². The van der Waals surface area contributed by atoms with Gasteiger partial charge in [-0.25, -0.2) is 0 Å². The Bertz CT molecular complexity index is 673. The van der Waals surface area contributed by atoms with Crippen molar-refractivity contribution in [3.05, 3.63) is 58.7 Å². The minimum Gasteiger partial charge on any atom is -0.508 e. The van der Waals surface area contributed by atoms with Crippen molar-refractivity contribution in [1.82, 2.24) is 0 Å². The van der Waals surface area contributed by atoms with Crippen LogP contribution in [0.5, 0.6) is 11.5 Å². The molecule has 0 saturated heterocycles. The normalized spacial score (nSPS) is 14.1. The summed E-state index contributed by atoms with van der Waals surface area (Å²) in [6.07, 6.45) is 0.944. The van der Waals surface area contributed by atoms with Crippen LogP contribution in [0.15, 0.2) is 36.4 Å². The quantitative estimate of drug-likeness (QED) is 0.809. The molecular weight excluding hydrogens is 272 g/mol. The minimum atomic E-state index is -0.143. The van der Waals surface area contributed by atoms with Crippen molar-refractivity contribution in [2.75, 3.05) is 0 Å². The smallest absolute Gasteiger partial charge is 0.119 e. The van der Waals surface area contributed by atoms with E-state index in [1.165, 1.54) is 11.1 Å². The molecule has 0 radical (unpaired) electrons. The summed E-state index contributed by atoms with van der Waals surface area (Å²) in [5.74, 6) is 0.970. The van der Waals surface area contributed by atoms with Crippen LogP contribution >= 0.6 is 0 Å². The molecular formula is C20H26O2. The van der Waals surface area contributed by atoms with Crippen LogP contribution < -0.4 is 0 Å². The predicted octanol–water partition coefficient (Wildman–Crippen LogP) is 5.25. The maximum atomic E-state index is 10.1. The van der Waals surface area contributed by atoms with Gasteiger partial charge >= 0.3 is 0 Å². The fraction of sp³-hybridized carbons (Fsp3) is 0.400. The molecule has 0 aliphatic heterocycles. The Morgan fingerprint density at radius 2 is 1.50 bits per heavy atom. The molecule has 0 aromatic heterocycles. The van der Waals surface area contributed by atoms with Crippen LogP contribution in [-0.2, 0) is 5.41 Å². The van der Waals surface area contributed by atoms with Gasteiger partial charge in [0.1, 0.15) is 11.5 Å². The van der Waals surface area contributed by atoms with E-state index in [1.807, 2.05) is 19.1 Å². The lowest BCUT2D eigenvalue weighted by molar-refractivity contribution is 0.462. The number of aryl methyl sites for hydroxylation is 1. The summed E-state index contributed by atoms with van der Waals surface area (Å²) >= 11 is 0.